The maximum atomic E-state index is 13.5. The van der Waals surface area contributed by atoms with Crippen LogP contribution in [0.2, 0.25) is 0 Å². The van der Waals surface area contributed by atoms with Crippen LogP contribution in [0.25, 0.3) is 6.08 Å². The number of carbonyl (C=O) groups is 2. The highest BCUT2D eigenvalue weighted by molar-refractivity contribution is 8.18. The Morgan fingerprint density at radius 1 is 1.09 bits per heavy atom. The van der Waals surface area contributed by atoms with E-state index in [0.717, 1.165) is 11.8 Å². The van der Waals surface area contributed by atoms with Gasteiger partial charge in [-0.15, -0.1) is 5.10 Å². The molecule has 2 heterocycles. The highest BCUT2D eigenvalue weighted by Gasteiger charge is 2.34. The van der Waals surface area contributed by atoms with E-state index in [-0.39, 0.29) is 24.8 Å². The summed E-state index contributed by atoms with van der Waals surface area (Å²) in [4.78, 5) is 27.7. The van der Waals surface area contributed by atoms with Crippen LogP contribution in [0.4, 0.5) is 10.1 Å². The van der Waals surface area contributed by atoms with Crippen LogP contribution in [0, 0.1) is 5.82 Å². The lowest BCUT2D eigenvalue weighted by Gasteiger charge is -2.12. The van der Waals surface area contributed by atoms with E-state index in [0.29, 0.717) is 44.1 Å². The van der Waals surface area contributed by atoms with Crippen LogP contribution in [0.1, 0.15) is 16.9 Å². The average molecular weight is 601 g/mol. The van der Waals surface area contributed by atoms with Crippen molar-refractivity contribution in [1.82, 2.24) is 4.90 Å². The van der Waals surface area contributed by atoms with E-state index in [1.54, 1.807) is 54.6 Å². The second-order valence-electron chi connectivity index (χ2n) is 9.02. The molecule has 3 aromatic carbocycles. The van der Waals surface area contributed by atoms with E-state index in [1.807, 2.05) is 0 Å². The van der Waals surface area contributed by atoms with E-state index >= 15 is 0 Å². The van der Waals surface area contributed by atoms with Gasteiger partial charge in [0.05, 0.1) is 31.0 Å². The molecule has 5 rings (SSSR count). The minimum Gasteiger partial charge on any atom is -0.504 e. The van der Waals surface area contributed by atoms with Crippen LogP contribution in [-0.4, -0.2) is 46.9 Å². The minimum absolute atomic E-state index is 0.0000735. The lowest BCUT2D eigenvalue weighted by molar-refractivity contribution is -0.122. The van der Waals surface area contributed by atoms with Crippen molar-refractivity contribution in [1.29, 1.82) is 0 Å². The van der Waals surface area contributed by atoms with Crippen LogP contribution in [-0.2, 0) is 16.1 Å². The van der Waals surface area contributed by atoms with Crippen LogP contribution >= 0.6 is 11.8 Å². The summed E-state index contributed by atoms with van der Waals surface area (Å²) in [5, 5.41) is 21.2. The number of ether oxygens (including phenoxy) is 2. The fourth-order valence-corrected chi connectivity index (χ4v) is 4.87. The van der Waals surface area contributed by atoms with Gasteiger partial charge >= 0.3 is 0 Å². The van der Waals surface area contributed by atoms with Gasteiger partial charge in [-0.05, 0) is 84.1 Å². The summed E-state index contributed by atoms with van der Waals surface area (Å²) >= 11 is 1.13. The Morgan fingerprint density at radius 2 is 1.91 bits per heavy atom. The van der Waals surface area contributed by atoms with Gasteiger partial charge in [-0.25, -0.2) is 4.39 Å². The standard InChI is InChI=1S/C31H25FN4O6S/c1-40-27-15-20(8-13-25(27)37)17-33-35-31-36(18-24-6-4-14-41-24)30(39)28(43-31)16-21-5-2-3-7-26(21)42-19-29(38)34-23-11-9-22(32)10-12-23/h2-17,37H,18-19H2,1H3,(H,34,38)/b28-16-,33-17-,35-31+. The summed E-state index contributed by atoms with van der Waals surface area (Å²) < 4.78 is 29.5. The molecule has 1 saturated heterocycles. The normalized spacial score (nSPS) is 15.0. The van der Waals surface area contributed by atoms with Crippen LogP contribution in [0.15, 0.2) is 105 Å². The molecule has 0 saturated carbocycles. The minimum atomic E-state index is -0.427. The number of nitrogens with zero attached hydrogens (tertiary/aromatic N) is 3. The number of hydrogen-bond donors (Lipinski definition) is 2. The fourth-order valence-electron chi connectivity index (χ4n) is 3.95. The molecule has 0 unspecified atom stereocenters. The number of hydrogen-bond acceptors (Lipinski definition) is 9. The molecule has 0 atom stereocenters. The maximum Gasteiger partial charge on any atom is 0.267 e. The third kappa shape index (κ3) is 7.49. The predicted octanol–water partition coefficient (Wildman–Crippen LogP) is 5.66. The average Bonchev–Trinajstić information content (AvgIpc) is 3.63. The van der Waals surface area contributed by atoms with Crippen molar-refractivity contribution < 1.29 is 33.0 Å². The van der Waals surface area contributed by atoms with Gasteiger partial charge in [-0.1, -0.05) is 18.2 Å². The molecule has 1 fully saturated rings. The number of phenolic OH excluding ortho intramolecular Hbond substituents is 1. The van der Waals surface area contributed by atoms with Crippen molar-refractivity contribution in [2.75, 3.05) is 19.0 Å². The van der Waals surface area contributed by atoms with Crippen molar-refractivity contribution >= 4 is 46.7 Å². The molecule has 2 N–H and O–H groups in total. The number of methoxy groups -OCH3 is 1. The van der Waals surface area contributed by atoms with Crippen LogP contribution < -0.4 is 14.8 Å². The molecular formula is C31H25FN4O6S. The number of thioether (sulfide) groups is 1. The number of nitrogens with one attached hydrogen (secondary N) is 1. The highest BCUT2D eigenvalue weighted by atomic mass is 32.2. The van der Waals surface area contributed by atoms with Gasteiger partial charge < -0.3 is 24.3 Å². The smallest absolute Gasteiger partial charge is 0.267 e. The third-order valence-corrected chi connectivity index (χ3v) is 7.03. The first-order chi connectivity index (χ1) is 20.9. The zero-order chi connectivity index (χ0) is 30.2. The Labute approximate surface area is 250 Å². The molecule has 218 valence electrons. The Morgan fingerprint density at radius 3 is 2.67 bits per heavy atom. The molecule has 10 nitrogen and oxygen atoms in total. The van der Waals surface area contributed by atoms with E-state index in [4.69, 9.17) is 13.9 Å². The van der Waals surface area contributed by atoms with E-state index < -0.39 is 11.7 Å². The number of aromatic hydroxyl groups is 1. The van der Waals surface area contributed by atoms with E-state index in [1.165, 1.54) is 54.8 Å². The molecule has 1 aliphatic rings. The van der Waals surface area contributed by atoms with Crippen molar-refractivity contribution in [3.05, 3.63) is 113 Å². The Kier molecular flexibility index (Phi) is 9.17. The van der Waals surface area contributed by atoms with Crippen molar-refractivity contribution in [2.45, 2.75) is 6.54 Å². The van der Waals surface area contributed by atoms with Gasteiger partial charge in [0.15, 0.2) is 23.3 Å². The number of halogens is 1. The molecule has 0 bridgehead atoms. The summed E-state index contributed by atoms with van der Waals surface area (Å²) in [5.41, 5.74) is 1.65. The molecule has 0 radical (unpaired) electrons. The van der Waals surface area contributed by atoms with Crippen molar-refractivity contribution in [3.8, 4) is 17.2 Å². The third-order valence-electron chi connectivity index (χ3n) is 6.03. The molecule has 0 spiro atoms. The number of furan rings is 1. The van der Waals surface area contributed by atoms with Gasteiger partial charge in [0.2, 0.25) is 0 Å². The van der Waals surface area contributed by atoms with Gasteiger partial charge in [0.1, 0.15) is 17.3 Å². The molecular weight excluding hydrogens is 575 g/mol. The second kappa shape index (κ2) is 13.5. The largest absolute Gasteiger partial charge is 0.504 e. The van der Waals surface area contributed by atoms with Crippen LogP contribution in [0.3, 0.4) is 0 Å². The number of carbonyl (C=O) groups excluding carboxylic acids is 2. The van der Waals surface area contributed by atoms with Gasteiger partial charge in [0.25, 0.3) is 11.8 Å². The molecule has 1 aliphatic heterocycles. The maximum absolute atomic E-state index is 13.5. The topological polar surface area (TPSA) is 126 Å². The summed E-state index contributed by atoms with van der Waals surface area (Å²) in [5.74, 6) is 0.0943. The number of amidine groups is 1. The molecule has 0 aliphatic carbocycles. The predicted molar refractivity (Wildman–Crippen MR) is 161 cm³/mol. The molecule has 1 aromatic heterocycles. The molecule has 2 amide bonds. The Bertz CT molecular complexity index is 1700. The zero-order valence-electron chi connectivity index (χ0n) is 22.8. The first-order valence-corrected chi connectivity index (χ1v) is 13.7. The van der Waals surface area contributed by atoms with Gasteiger partial charge in [0, 0.05) is 11.3 Å². The number of phenols is 1. The van der Waals surface area contributed by atoms with E-state index in [2.05, 4.69) is 15.5 Å². The van der Waals surface area contributed by atoms with Crippen molar-refractivity contribution in [3.63, 3.8) is 0 Å². The van der Waals surface area contributed by atoms with Crippen LogP contribution in [0.5, 0.6) is 17.2 Å². The summed E-state index contributed by atoms with van der Waals surface area (Å²) in [6, 6.07) is 20.6. The van der Waals surface area contributed by atoms with Crippen molar-refractivity contribution in [2.24, 2.45) is 10.2 Å². The second-order valence-corrected chi connectivity index (χ2v) is 10.0. The summed E-state index contributed by atoms with van der Waals surface area (Å²) in [6.07, 6.45) is 4.66. The summed E-state index contributed by atoms with van der Waals surface area (Å²) in [7, 11) is 1.45. The Hall–Kier alpha value is -5.36. The summed E-state index contributed by atoms with van der Waals surface area (Å²) in [6.45, 7) is -0.161. The fraction of sp³-hybridized carbons (Fsp3) is 0.0968. The van der Waals surface area contributed by atoms with Gasteiger partial charge in [-0.2, -0.15) is 5.10 Å². The quantitative estimate of drug-likeness (QED) is 0.137. The Balaban J connectivity index is 1.34. The first kappa shape index (κ1) is 29.1. The number of rotatable bonds is 10. The lowest BCUT2D eigenvalue weighted by atomic mass is 10.2. The monoisotopic (exact) mass is 600 g/mol. The number of anilines is 1. The SMILES string of the molecule is COc1cc(/C=N\N=C2\S/C(=C\c3ccccc3OCC(=O)Nc3ccc(F)cc3)C(=O)N2Cc2ccco2)ccc1O. The number of benzene rings is 3. The molecule has 43 heavy (non-hydrogen) atoms. The van der Waals surface area contributed by atoms with E-state index in [9.17, 15) is 19.1 Å². The molecule has 12 heteroatoms. The number of amides is 2. The zero-order valence-corrected chi connectivity index (χ0v) is 23.6. The highest BCUT2D eigenvalue weighted by Crippen LogP contribution is 2.35. The van der Waals surface area contributed by atoms with Gasteiger partial charge in [-0.3, -0.25) is 14.5 Å². The number of para-hydroxylation sites is 1. The lowest BCUT2D eigenvalue weighted by Crippen LogP contribution is -2.28. The molecule has 4 aromatic rings. The first-order valence-electron chi connectivity index (χ1n) is 12.9.